The van der Waals surface area contributed by atoms with Crippen LogP contribution in [-0.2, 0) is 0 Å². The number of carbonyl (C=O) groups is 1. The number of amides is 1. The van der Waals surface area contributed by atoms with Crippen molar-refractivity contribution in [1.29, 1.82) is 10.5 Å². The van der Waals surface area contributed by atoms with Crippen LogP contribution in [0.15, 0.2) is 59.4 Å². The molecule has 2 aromatic carbocycles. The molecule has 1 amide bonds. The van der Waals surface area contributed by atoms with E-state index < -0.39 is 11.5 Å². The average Bonchev–Trinajstić information content (AvgIpc) is 2.78. The SMILES string of the molecule is COc1ccc(C(=O)Nn2c(N)c(C#N)c(Nc3ccccc3)c(C#N)c2=O)cc1. The molecule has 0 bridgehead atoms. The highest BCUT2D eigenvalue weighted by atomic mass is 16.5. The van der Waals surface area contributed by atoms with E-state index in [1.54, 1.807) is 48.5 Å². The minimum absolute atomic E-state index is 0.0244. The van der Waals surface area contributed by atoms with Crippen molar-refractivity contribution in [1.82, 2.24) is 4.68 Å². The molecule has 0 aliphatic heterocycles. The first-order chi connectivity index (χ1) is 14.5. The van der Waals surface area contributed by atoms with E-state index in [4.69, 9.17) is 10.5 Å². The zero-order chi connectivity index (χ0) is 21.7. The monoisotopic (exact) mass is 400 g/mol. The Kier molecular flexibility index (Phi) is 5.66. The number of ether oxygens (including phenoxy) is 1. The van der Waals surface area contributed by atoms with E-state index in [1.807, 2.05) is 6.07 Å². The van der Waals surface area contributed by atoms with Crippen LogP contribution in [0.1, 0.15) is 21.5 Å². The Balaban J connectivity index is 2.06. The number of pyridine rings is 1. The maximum atomic E-state index is 12.8. The molecule has 0 atom stereocenters. The second-order valence-corrected chi connectivity index (χ2v) is 6.03. The topological polar surface area (TPSA) is 146 Å². The van der Waals surface area contributed by atoms with Gasteiger partial charge in [-0.15, -0.1) is 0 Å². The molecule has 0 radical (unpaired) electrons. The highest BCUT2D eigenvalue weighted by Crippen LogP contribution is 2.26. The Morgan fingerprint density at radius 1 is 1.03 bits per heavy atom. The number of nitrogen functional groups attached to an aromatic ring is 1. The average molecular weight is 400 g/mol. The number of para-hydroxylation sites is 1. The Hall–Kier alpha value is -4.76. The van der Waals surface area contributed by atoms with Gasteiger partial charge >= 0.3 is 0 Å². The summed E-state index contributed by atoms with van der Waals surface area (Å²) in [5, 5.41) is 22.0. The molecule has 30 heavy (non-hydrogen) atoms. The third kappa shape index (κ3) is 3.77. The second kappa shape index (κ2) is 8.50. The molecule has 9 nitrogen and oxygen atoms in total. The largest absolute Gasteiger partial charge is 0.497 e. The van der Waals surface area contributed by atoms with Gasteiger partial charge < -0.3 is 15.8 Å². The van der Waals surface area contributed by atoms with Crippen molar-refractivity contribution in [3.8, 4) is 17.9 Å². The zero-order valence-corrected chi connectivity index (χ0v) is 15.8. The third-order valence-electron chi connectivity index (χ3n) is 4.25. The smallest absolute Gasteiger partial charge is 0.291 e. The van der Waals surface area contributed by atoms with Gasteiger partial charge in [0, 0.05) is 11.3 Å². The van der Waals surface area contributed by atoms with Crippen molar-refractivity contribution in [3.63, 3.8) is 0 Å². The molecule has 0 unspecified atom stereocenters. The molecule has 3 rings (SSSR count). The number of nitriles is 2. The summed E-state index contributed by atoms with van der Waals surface area (Å²) < 4.78 is 5.74. The highest BCUT2D eigenvalue weighted by molar-refractivity contribution is 6.00. The first kappa shape index (κ1) is 20.0. The maximum absolute atomic E-state index is 12.8. The number of nitrogens with zero attached hydrogens (tertiary/aromatic N) is 3. The van der Waals surface area contributed by atoms with Crippen molar-refractivity contribution in [3.05, 3.63) is 81.6 Å². The van der Waals surface area contributed by atoms with Crippen molar-refractivity contribution in [2.75, 3.05) is 23.6 Å². The molecule has 0 aliphatic rings. The fourth-order valence-electron chi connectivity index (χ4n) is 2.72. The molecular formula is C21H16N6O3. The van der Waals surface area contributed by atoms with E-state index in [2.05, 4.69) is 10.7 Å². The molecule has 0 fully saturated rings. The molecule has 1 heterocycles. The van der Waals surface area contributed by atoms with Crippen LogP contribution in [0.25, 0.3) is 0 Å². The van der Waals surface area contributed by atoms with Gasteiger partial charge in [-0.05, 0) is 36.4 Å². The summed E-state index contributed by atoms with van der Waals surface area (Å²) in [6.07, 6.45) is 0. The van der Waals surface area contributed by atoms with Crippen LogP contribution in [0.2, 0.25) is 0 Å². The van der Waals surface area contributed by atoms with E-state index in [1.165, 1.54) is 19.2 Å². The molecule has 0 spiro atoms. The first-order valence-electron chi connectivity index (χ1n) is 8.66. The fraction of sp³-hybridized carbons (Fsp3) is 0.0476. The van der Waals surface area contributed by atoms with Crippen LogP contribution in [0.5, 0.6) is 5.75 Å². The Morgan fingerprint density at radius 3 is 2.23 bits per heavy atom. The summed E-state index contributed by atoms with van der Waals surface area (Å²) in [6, 6.07) is 18.5. The van der Waals surface area contributed by atoms with Crippen LogP contribution in [0.4, 0.5) is 17.2 Å². The number of aromatic nitrogens is 1. The van der Waals surface area contributed by atoms with Gasteiger partial charge in [-0.2, -0.15) is 15.2 Å². The number of hydrogen-bond acceptors (Lipinski definition) is 7. The van der Waals surface area contributed by atoms with Crippen LogP contribution >= 0.6 is 0 Å². The number of hydrogen-bond donors (Lipinski definition) is 3. The van der Waals surface area contributed by atoms with E-state index >= 15 is 0 Å². The van der Waals surface area contributed by atoms with Crippen LogP contribution in [0, 0.1) is 22.7 Å². The summed E-state index contributed by atoms with van der Waals surface area (Å²) in [5.74, 6) is -0.400. The van der Waals surface area contributed by atoms with E-state index in [0.29, 0.717) is 16.1 Å². The molecule has 0 aliphatic carbocycles. The Morgan fingerprint density at radius 2 is 1.67 bits per heavy atom. The lowest BCUT2D eigenvalue weighted by atomic mass is 10.1. The maximum Gasteiger partial charge on any atom is 0.291 e. The lowest BCUT2D eigenvalue weighted by molar-refractivity contribution is 0.101. The minimum atomic E-state index is -0.866. The lowest BCUT2D eigenvalue weighted by Crippen LogP contribution is -2.37. The van der Waals surface area contributed by atoms with E-state index in [-0.39, 0.29) is 28.2 Å². The molecule has 4 N–H and O–H groups in total. The van der Waals surface area contributed by atoms with Crippen LogP contribution < -0.4 is 26.8 Å². The third-order valence-corrected chi connectivity index (χ3v) is 4.25. The summed E-state index contributed by atoms with van der Waals surface area (Å²) in [4.78, 5) is 25.4. The molecule has 9 heteroatoms. The van der Waals surface area contributed by atoms with Crippen LogP contribution in [0.3, 0.4) is 0 Å². The summed E-state index contributed by atoms with van der Waals surface area (Å²) in [5.41, 5.74) is 7.73. The lowest BCUT2D eigenvalue weighted by Gasteiger charge is -2.17. The van der Waals surface area contributed by atoms with Crippen molar-refractivity contribution < 1.29 is 9.53 Å². The van der Waals surface area contributed by atoms with Gasteiger partial charge in [0.2, 0.25) is 0 Å². The zero-order valence-electron chi connectivity index (χ0n) is 15.8. The number of carbonyl (C=O) groups excluding carboxylic acids is 1. The summed E-state index contributed by atoms with van der Waals surface area (Å²) >= 11 is 0. The number of rotatable bonds is 5. The van der Waals surface area contributed by atoms with Crippen molar-refractivity contribution in [2.24, 2.45) is 0 Å². The molecule has 1 aromatic heterocycles. The van der Waals surface area contributed by atoms with Gasteiger partial charge in [0.25, 0.3) is 11.5 Å². The summed E-state index contributed by atoms with van der Waals surface area (Å²) in [7, 11) is 1.49. The first-order valence-corrected chi connectivity index (χ1v) is 8.66. The van der Waals surface area contributed by atoms with Crippen molar-refractivity contribution >= 4 is 23.1 Å². The number of methoxy groups -OCH3 is 1. The van der Waals surface area contributed by atoms with Crippen LogP contribution in [-0.4, -0.2) is 17.7 Å². The van der Waals surface area contributed by atoms with Gasteiger partial charge in [-0.1, -0.05) is 18.2 Å². The fourth-order valence-corrected chi connectivity index (χ4v) is 2.72. The van der Waals surface area contributed by atoms with Crippen molar-refractivity contribution in [2.45, 2.75) is 0 Å². The van der Waals surface area contributed by atoms with E-state index in [0.717, 1.165) is 0 Å². The molecule has 0 saturated carbocycles. The Bertz CT molecular complexity index is 1240. The standard InChI is InChI=1S/C21H16N6O3/c1-30-15-9-7-13(8-10-15)20(28)26-27-19(24)16(11-22)18(17(12-23)21(27)29)25-14-5-3-2-4-6-14/h2-10,25H,24H2,1H3,(H,26,28). The predicted octanol–water partition coefficient (Wildman–Crippen LogP) is 2.31. The number of nitrogens with one attached hydrogen (secondary N) is 2. The van der Waals surface area contributed by atoms with E-state index in [9.17, 15) is 20.1 Å². The Labute approximate surface area is 171 Å². The number of anilines is 3. The van der Waals surface area contributed by atoms with Gasteiger partial charge in [-0.25, -0.2) is 0 Å². The normalized spacial score (nSPS) is 9.83. The molecule has 148 valence electrons. The molecular weight excluding hydrogens is 384 g/mol. The van der Waals surface area contributed by atoms with Gasteiger partial charge in [-0.3, -0.25) is 15.0 Å². The summed E-state index contributed by atoms with van der Waals surface area (Å²) in [6.45, 7) is 0. The minimum Gasteiger partial charge on any atom is -0.497 e. The number of nitrogens with two attached hydrogens (primary N) is 1. The van der Waals surface area contributed by atoms with Gasteiger partial charge in [0.05, 0.1) is 12.8 Å². The number of benzene rings is 2. The second-order valence-electron chi connectivity index (χ2n) is 6.03. The highest BCUT2D eigenvalue weighted by Gasteiger charge is 2.22. The van der Waals surface area contributed by atoms with Gasteiger partial charge in [0.15, 0.2) is 0 Å². The van der Waals surface area contributed by atoms with Gasteiger partial charge in [0.1, 0.15) is 34.8 Å². The molecule has 0 saturated heterocycles. The molecule has 3 aromatic rings. The predicted molar refractivity (Wildman–Crippen MR) is 111 cm³/mol. The quantitative estimate of drug-likeness (QED) is 0.595.